The molecule has 2 rings (SSSR count). The number of sulfone groups is 1. The average molecular weight is 339 g/mol. The average Bonchev–Trinajstić information content (AvgIpc) is 2.38. The second-order valence-electron chi connectivity index (χ2n) is 4.62. The Hall–Kier alpha value is -1.13. The van der Waals surface area contributed by atoms with E-state index in [-0.39, 0.29) is 4.83 Å². The van der Waals surface area contributed by atoms with Crippen molar-refractivity contribution in [3.8, 4) is 0 Å². The van der Waals surface area contributed by atoms with E-state index in [1.54, 1.807) is 18.2 Å². The molecule has 0 radical (unpaired) electrons. The fourth-order valence-electron chi connectivity index (χ4n) is 1.83. The lowest BCUT2D eigenvalue weighted by Gasteiger charge is -2.12. The smallest absolute Gasteiger partial charge is 0.175 e. The number of halogens is 1. The first kappa shape index (κ1) is 14.3. The Morgan fingerprint density at radius 2 is 1.63 bits per heavy atom. The van der Waals surface area contributed by atoms with Crippen molar-refractivity contribution < 1.29 is 8.42 Å². The minimum atomic E-state index is -3.17. The van der Waals surface area contributed by atoms with Crippen LogP contribution in [0.5, 0.6) is 0 Å². The van der Waals surface area contributed by atoms with Crippen LogP contribution in [0.4, 0.5) is 0 Å². The van der Waals surface area contributed by atoms with Gasteiger partial charge in [-0.05, 0) is 30.2 Å². The molecule has 1 unspecified atom stereocenters. The lowest BCUT2D eigenvalue weighted by molar-refractivity contribution is 0.602. The zero-order valence-electron chi connectivity index (χ0n) is 10.8. The second-order valence-corrected chi connectivity index (χ2v) is 7.55. The fraction of sp³-hybridized carbons (Fsp3) is 0.200. The van der Waals surface area contributed by atoms with E-state index < -0.39 is 9.84 Å². The van der Waals surface area contributed by atoms with E-state index in [1.165, 1.54) is 11.8 Å². The molecular formula is C15H15BrO2S. The first-order valence-corrected chi connectivity index (χ1v) is 8.69. The Morgan fingerprint density at radius 3 is 2.21 bits per heavy atom. The van der Waals surface area contributed by atoms with Crippen molar-refractivity contribution in [3.63, 3.8) is 0 Å². The lowest BCUT2D eigenvalue weighted by atomic mass is 10.0. The van der Waals surface area contributed by atoms with Gasteiger partial charge in [0.2, 0.25) is 0 Å². The molecule has 1 atom stereocenters. The molecule has 0 heterocycles. The van der Waals surface area contributed by atoms with Crippen LogP contribution in [0, 0.1) is 6.92 Å². The molecule has 4 heteroatoms. The van der Waals surface area contributed by atoms with Gasteiger partial charge in [-0.1, -0.05) is 57.9 Å². The number of alkyl halides is 1. The standard InChI is InChI=1S/C15H15BrO2S/c1-11-6-8-12(9-7-11)15(16)13-4-3-5-14(10-13)19(2,17)18/h3-10,15H,1-2H3. The van der Waals surface area contributed by atoms with E-state index >= 15 is 0 Å². The summed E-state index contributed by atoms with van der Waals surface area (Å²) in [4.78, 5) is 0.344. The molecule has 0 saturated carbocycles. The molecule has 0 aliphatic carbocycles. The molecule has 2 aromatic carbocycles. The summed E-state index contributed by atoms with van der Waals surface area (Å²) >= 11 is 3.62. The monoisotopic (exact) mass is 338 g/mol. The predicted molar refractivity (Wildman–Crippen MR) is 81.5 cm³/mol. The van der Waals surface area contributed by atoms with Gasteiger partial charge in [0, 0.05) is 6.26 Å². The quantitative estimate of drug-likeness (QED) is 0.795. The molecule has 0 aliphatic heterocycles. The minimum absolute atomic E-state index is 0.00481. The SMILES string of the molecule is Cc1ccc(C(Br)c2cccc(S(C)(=O)=O)c2)cc1. The maximum Gasteiger partial charge on any atom is 0.175 e. The third-order valence-electron chi connectivity index (χ3n) is 2.95. The topological polar surface area (TPSA) is 34.1 Å². The summed E-state index contributed by atoms with van der Waals surface area (Å²) in [6, 6.07) is 15.2. The Kier molecular flexibility index (Phi) is 4.11. The largest absolute Gasteiger partial charge is 0.224 e. The molecule has 0 bridgehead atoms. The van der Waals surface area contributed by atoms with Crippen LogP contribution in [0.25, 0.3) is 0 Å². The van der Waals surface area contributed by atoms with Crippen LogP contribution in [0.3, 0.4) is 0 Å². The van der Waals surface area contributed by atoms with Crippen molar-refractivity contribution in [1.29, 1.82) is 0 Å². The van der Waals surface area contributed by atoms with Crippen molar-refractivity contribution in [1.82, 2.24) is 0 Å². The van der Waals surface area contributed by atoms with E-state index in [0.29, 0.717) is 4.90 Å². The van der Waals surface area contributed by atoms with Gasteiger partial charge in [-0.3, -0.25) is 0 Å². The van der Waals surface area contributed by atoms with Crippen LogP contribution < -0.4 is 0 Å². The molecule has 100 valence electrons. The Bertz CT molecular complexity index is 676. The summed E-state index contributed by atoms with van der Waals surface area (Å²) < 4.78 is 23.1. The molecule has 2 nitrogen and oxygen atoms in total. The highest BCUT2D eigenvalue weighted by atomic mass is 79.9. The number of aryl methyl sites for hydroxylation is 1. The first-order valence-electron chi connectivity index (χ1n) is 5.88. The third-order valence-corrected chi connectivity index (χ3v) is 5.12. The van der Waals surface area contributed by atoms with Crippen LogP contribution in [0.1, 0.15) is 21.5 Å². The van der Waals surface area contributed by atoms with Crippen molar-refractivity contribution in [2.24, 2.45) is 0 Å². The molecule has 0 fully saturated rings. The van der Waals surface area contributed by atoms with Gasteiger partial charge in [0.25, 0.3) is 0 Å². The summed E-state index contributed by atoms with van der Waals surface area (Å²) in [6.45, 7) is 2.04. The normalized spacial score (nSPS) is 13.2. The van der Waals surface area contributed by atoms with Crippen molar-refractivity contribution in [2.75, 3.05) is 6.26 Å². The predicted octanol–water partition coefficient (Wildman–Crippen LogP) is 3.88. The van der Waals surface area contributed by atoms with E-state index in [0.717, 1.165) is 11.1 Å². The fourth-order valence-corrected chi connectivity index (χ4v) is 3.10. The van der Waals surface area contributed by atoms with Gasteiger partial charge in [0.1, 0.15) is 0 Å². The molecule has 2 aromatic rings. The zero-order chi connectivity index (χ0) is 14.0. The molecule has 0 N–H and O–H groups in total. The molecule has 0 amide bonds. The van der Waals surface area contributed by atoms with Gasteiger partial charge in [-0.15, -0.1) is 0 Å². The van der Waals surface area contributed by atoms with Gasteiger partial charge in [-0.25, -0.2) is 8.42 Å². The van der Waals surface area contributed by atoms with E-state index in [2.05, 4.69) is 15.9 Å². The van der Waals surface area contributed by atoms with Crippen LogP contribution in [0.2, 0.25) is 0 Å². The highest BCUT2D eigenvalue weighted by Crippen LogP contribution is 2.31. The summed E-state index contributed by atoms with van der Waals surface area (Å²) in [5.74, 6) is 0. The number of hydrogen-bond acceptors (Lipinski definition) is 2. The van der Waals surface area contributed by atoms with Gasteiger partial charge >= 0.3 is 0 Å². The highest BCUT2D eigenvalue weighted by molar-refractivity contribution is 9.09. The third kappa shape index (κ3) is 3.45. The number of hydrogen-bond donors (Lipinski definition) is 0. The van der Waals surface area contributed by atoms with Gasteiger partial charge in [0.15, 0.2) is 9.84 Å². The highest BCUT2D eigenvalue weighted by Gasteiger charge is 2.13. The number of rotatable bonds is 3. The summed E-state index contributed by atoms with van der Waals surface area (Å²) in [7, 11) is -3.17. The van der Waals surface area contributed by atoms with Gasteiger partial charge in [-0.2, -0.15) is 0 Å². The van der Waals surface area contributed by atoms with Crippen LogP contribution in [-0.4, -0.2) is 14.7 Å². The zero-order valence-corrected chi connectivity index (χ0v) is 13.2. The first-order chi connectivity index (χ1) is 8.88. The van der Waals surface area contributed by atoms with Crippen LogP contribution >= 0.6 is 15.9 Å². The van der Waals surface area contributed by atoms with E-state index in [1.807, 2.05) is 37.3 Å². The van der Waals surface area contributed by atoms with Gasteiger partial charge < -0.3 is 0 Å². The summed E-state index contributed by atoms with van der Waals surface area (Å²) in [5.41, 5.74) is 3.25. The van der Waals surface area contributed by atoms with E-state index in [9.17, 15) is 8.42 Å². The van der Waals surface area contributed by atoms with Crippen molar-refractivity contribution in [3.05, 3.63) is 65.2 Å². The summed E-state index contributed by atoms with van der Waals surface area (Å²) in [5, 5.41) is 0. The number of benzene rings is 2. The Balaban J connectivity index is 2.39. The maximum absolute atomic E-state index is 11.6. The molecule has 0 spiro atoms. The van der Waals surface area contributed by atoms with Crippen LogP contribution in [-0.2, 0) is 9.84 Å². The molecule has 0 saturated heterocycles. The molecule has 0 aromatic heterocycles. The van der Waals surface area contributed by atoms with Crippen molar-refractivity contribution in [2.45, 2.75) is 16.6 Å². The summed E-state index contributed by atoms with van der Waals surface area (Å²) in [6.07, 6.45) is 1.22. The van der Waals surface area contributed by atoms with Crippen LogP contribution in [0.15, 0.2) is 53.4 Å². The van der Waals surface area contributed by atoms with Crippen molar-refractivity contribution >= 4 is 25.8 Å². The van der Waals surface area contributed by atoms with Gasteiger partial charge in [0.05, 0.1) is 9.72 Å². The molecule has 19 heavy (non-hydrogen) atoms. The lowest BCUT2D eigenvalue weighted by Crippen LogP contribution is -1.99. The molecule has 0 aliphatic rings. The maximum atomic E-state index is 11.6. The van der Waals surface area contributed by atoms with E-state index in [4.69, 9.17) is 0 Å². The minimum Gasteiger partial charge on any atom is -0.224 e. The Morgan fingerprint density at radius 1 is 1.00 bits per heavy atom. The molecular weight excluding hydrogens is 324 g/mol. The second kappa shape index (κ2) is 5.47. The Labute approximate surface area is 122 Å².